The molecule has 0 saturated carbocycles. The van der Waals surface area contributed by atoms with E-state index in [2.05, 4.69) is 102 Å². The summed E-state index contributed by atoms with van der Waals surface area (Å²) in [5.74, 6) is 1.94. The van der Waals surface area contributed by atoms with E-state index >= 15 is 0 Å². The Morgan fingerprint density at radius 3 is 1.67 bits per heavy atom. The molecule has 0 radical (unpaired) electrons. The summed E-state index contributed by atoms with van der Waals surface area (Å²) in [5, 5.41) is 5.18. The molecule has 48 heavy (non-hydrogen) atoms. The summed E-state index contributed by atoms with van der Waals surface area (Å²) in [6.07, 6.45) is 0. The number of nitrogens with zero attached hydrogens (tertiary/aromatic N) is 4. The first-order valence-electron chi connectivity index (χ1n) is 16.0. The molecule has 0 bridgehead atoms. The molecule has 0 unspecified atom stereocenters. The van der Waals surface area contributed by atoms with Crippen molar-refractivity contribution in [3.05, 3.63) is 158 Å². The first-order chi connectivity index (χ1) is 23.8. The summed E-state index contributed by atoms with van der Waals surface area (Å²) in [7, 11) is 0. The van der Waals surface area contributed by atoms with Gasteiger partial charge in [-0.1, -0.05) is 133 Å². The number of hydrogen-bond acceptors (Lipinski definition) is 4. The van der Waals surface area contributed by atoms with Crippen molar-refractivity contribution in [3.63, 3.8) is 0 Å². The second-order valence-electron chi connectivity index (χ2n) is 12.0. The standard InChI is InChI=1S/C43H26N4S/c1-4-13-27(14-5-1)30-24-26-37-38-31(30)23-25-35-40(38)39-34(21-12-22-36(39)48-37)47(35)33-20-11-10-19-32(33)43-45-41(28-15-6-2-7-16-28)44-42(46-43)29-17-8-3-9-18-29/h1-26H. The fraction of sp³-hybridized carbons (Fsp3) is 0. The third kappa shape index (κ3) is 4.15. The molecular formula is C43H26N4S. The number of para-hydroxylation sites is 1. The van der Waals surface area contributed by atoms with E-state index in [0.717, 1.165) is 22.4 Å². The Hall–Kier alpha value is -6.04. The average Bonchev–Trinajstić information content (AvgIpc) is 3.51. The van der Waals surface area contributed by atoms with Crippen LogP contribution in [-0.2, 0) is 0 Å². The smallest absolute Gasteiger partial charge is 0.166 e. The third-order valence-corrected chi connectivity index (χ3v) is 10.4. The Bertz CT molecular complexity index is 2630. The first kappa shape index (κ1) is 27.1. The lowest BCUT2D eigenvalue weighted by Gasteiger charge is -2.17. The molecule has 5 heteroatoms. The van der Waals surface area contributed by atoms with Gasteiger partial charge in [-0.25, -0.2) is 15.0 Å². The topological polar surface area (TPSA) is 43.6 Å². The minimum atomic E-state index is 0.640. The van der Waals surface area contributed by atoms with E-state index in [0.29, 0.717) is 17.5 Å². The van der Waals surface area contributed by atoms with Crippen LogP contribution >= 0.6 is 11.8 Å². The molecule has 1 aliphatic rings. The number of hydrogen-bond donors (Lipinski definition) is 0. The summed E-state index contributed by atoms with van der Waals surface area (Å²) < 4.78 is 2.40. The molecule has 0 atom stereocenters. The van der Waals surface area contributed by atoms with Crippen LogP contribution in [0.15, 0.2) is 168 Å². The highest BCUT2D eigenvalue weighted by molar-refractivity contribution is 8.00. The molecule has 3 heterocycles. The minimum absolute atomic E-state index is 0.640. The van der Waals surface area contributed by atoms with E-state index in [1.54, 1.807) is 0 Å². The van der Waals surface area contributed by atoms with E-state index < -0.39 is 0 Å². The SMILES string of the molecule is c1ccc(-c2nc(-c3ccccc3)nc(-c3ccccc3-n3c4cccc5c4c4c6c(ccc(-c7ccccc7)c6ccc43)S5)n2)cc1. The van der Waals surface area contributed by atoms with E-state index in [9.17, 15) is 0 Å². The molecule has 0 amide bonds. The monoisotopic (exact) mass is 630 g/mol. The van der Waals surface area contributed by atoms with Crippen molar-refractivity contribution in [1.82, 2.24) is 19.5 Å². The molecule has 9 aromatic rings. The average molecular weight is 631 g/mol. The molecule has 10 rings (SSSR count). The van der Waals surface area contributed by atoms with Gasteiger partial charge in [0.25, 0.3) is 0 Å². The van der Waals surface area contributed by atoms with Crippen molar-refractivity contribution >= 4 is 44.3 Å². The van der Waals surface area contributed by atoms with Crippen molar-refractivity contribution in [3.8, 4) is 51.0 Å². The quantitative estimate of drug-likeness (QED) is 0.190. The second kappa shape index (κ2) is 10.8. The molecule has 1 aliphatic heterocycles. The van der Waals surface area contributed by atoms with Crippen LogP contribution in [0, 0.1) is 0 Å². The highest BCUT2D eigenvalue weighted by Gasteiger charge is 2.26. The van der Waals surface area contributed by atoms with Gasteiger partial charge in [-0.15, -0.1) is 0 Å². The van der Waals surface area contributed by atoms with Crippen molar-refractivity contribution in [2.24, 2.45) is 0 Å². The van der Waals surface area contributed by atoms with Crippen LogP contribution < -0.4 is 0 Å². The molecule has 0 spiro atoms. The van der Waals surface area contributed by atoms with Crippen molar-refractivity contribution < 1.29 is 0 Å². The maximum Gasteiger partial charge on any atom is 0.166 e. The van der Waals surface area contributed by atoms with Crippen LogP contribution in [-0.4, -0.2) is 19.5 Å². The van der Waals surface area contributed by atoms with Gasteiger partial charge in [-0.2, -0.15) is 0 Å². The largest absolute Gasteiger partial charge is 0.308 e. The molecule has 0 saturated heterocycles. The fourth-order valence-corrected chi connectivity index (χ4v) is 8.28. The summed E-state index contributed by atoms with van der Waals surface area (Å²) in [4.78, 5) is 17.7. The summed E-state index contributed by atoms with van der Waals surface area (Å²) in [5.41, 5.74) is 8.71. The number of benzene rings is 7. The molecule has 0 fully saturated rings. The zero-order chi connectivity index (χ0) is 31.6. The van der Waals surface area contributed by atoms with Crippen LogP contribution in [0.5, 0.6) is 0 Å². The summed E-state index contributed by atoms with van der Waals surface area (Å²) >= 11 is 1.86. The maximum atomic E-state index is 5.11. The van der Waals surface area contributed by atoms with Crippen LogP contribution in [0.25, 0.3) is 83.6 Å². The Morgan fingerprint density at radius 1 is 0.375 bits per heavy atom. The zero-order valence-electron chi connectivity index (χ0n) is 25.7. The third-order valence-electron chi connectivity index (χ3n) is 9.25. The van der Waals surface area contributed by atoms with Gasteiger partial charge in [0, 0.05) is 42.6 Å². The van der Waals surface area contributed by atoms with Gasteiger partial charge in [0.1, 0.15) is 0 Å². The van der Waals surface area contributed by atoms with Crippen LogP contribution in [0.4, 0.5) is 0 Å². The lowest BCUT2D eigenvalue weighted by molar-refractivity contribution is 1.06. The highest BCUT2D eigenvalue weighted by atomic mass is 32.2. The Balaban J connectivity index is 1.26. The normalized spacial score (nSPS) is 12.1. The molecule has 7 aromatic carbocycles. The second-order valence-corrected chi connectivity index (χ2v) is 13.1. The van der Waals surface area contributed by atoms with E-state index in [4.69, 9.17) is 15.0 Å². The molecule has 4 nitrogen and oxygen atoms in total. The predicted octanol–water partition coefficient (Wildman–Crippen LogP) is 11.3. The first-order valence-corrected chi connectivity index (χ1v) is 16.9. The fourth-order valence-electron chi connectivity index (χ4n) is 7.13. The van der Waals surface area contributed by atoms with E-state index in [1.165, 1.54) is 53.5 Å². The molecule has 224 valence electrons. The molecule has 0 N–H and O–H groups in total. The van der Waals surface area contributed by atoms with Gasteiger partial charge in [0.15, 0.2) is 17.5 Å². The lowest BCUT2D eigenvalue weighted by atomic mass is 9.95. The van der Waals surface area contributed by atoms with E-state index in [1.807, 2.05) is 72.4 Å². The van der Waals surface area contributed by atoms with Gasteiger partial charge in [0.2, 0.25) is 0 Å². The van der Waals surface area contributed by atoms with Gasteiger partial charge in [-0.3, -0.25) is 0 Å². The zero-order valence-corrected chi connectivity index (χ0v) is 26.5. The Kier molecular flexibility index (Phi) is 6.08. The van der Waals surface area contributed by atoms with Crippen LogP contribution in [0.3, 0.4) is 0 Å². The van der Waals surface area contributed by atoms with Gasteiger partial charge in [-0.05, 0) is 52.9 Å². The van der Waals surface area contributed by atoms with Crippen molar-refractivity contribution in [2.45, 2.75) is 9.79 Å². The van der Waals surface area contributed by atoms with Crippen molar-refractivity contribution in [2.75, 3.05) is 0 Å². The number of aromatic nitrogens is 4. The van der Waals surface area contributed by atoms with E-state index in [-0.39, 0.29) is 0 Å². The Labute approximate surface area is 281 Å². The van der Waals surface area contributed by atoms with Gasteiger partial charge in [0.05, 0.1) is 16.7 Å². The summed E-state index contributed by atoms with van der Waals surface area (Å²) in [6.45, 7) is 0. The Morgan fingerprint density at radius 2 is 0.958 bits per heavy atom. The van der Waals surface area contributed by atoms with Crippen LogP contribution in [0.1, 0.15) is 0 Å². The maximum absolute atomic E-state index is 5.11. The lowest BCUT2D eigenvalue weighted by Crippen LogP contribution is -2.03. The highest BCUT2D eigenvalue weighted by Crippen LogP contribution is 2.52. The summed E-state index contributed by atoms with van der Waals surface area (Å²) in [6, 6.07) is 55.3. The number of rotatable bonds is 5. The van der Waals surface area contributed by atoms with Gasteiger partial charge < -0.3 is 4.57 Å². The van der Waals surface area contributed by atoms with Crippen molar-refractivity contribution in [1.29, 1.82) is 0 Å². The molecular weight excluding hydrogens is 605 g/mol. The van der Waals surface area contributed by atoms with Gasteiger partial charge >= 0.3 is 0 Å². The minimum Gasteiger partial charge on any atom is -0.308 e. The van der Waals surface area contributed by atoms with Crippen LogP contribution in [0.2, 0.25) is 0 Å². The predicted molar refractivity (Wildman–Crippen MR) is 198 cm³/mol. The molecule has 0 aliphatic carbocycles. The molecule has 2 aromatic heterocycles.